The highest BCUT2D eigenvalue weighted by Crippen LogP contribution is 2.30. The Morgan fingerprint density at radius 3 is 2.43 bits per heavy atom. The molecule has 0 atom stereocenters. The molecule has 0 aliphatic rings. The fraction of sp³-hybridized carbons (Fsp3) is 0.625. The molecule has 0 bridgehead atoms. The van der Waals surface area contributed by atoms with Crippen molar-refractivity contribution in [2.75, 3.05) is 33.0 Å². The molecule has 1 rings (SSSR count). The van der Waals surface area contributed by atoms with Gasteiger partial charge >= 0.3 is 0 Å². The summed E-state index contributed by atoms with van der Waals surface area (Å²) in [6, 6.07) is 8.27. The molecule has 0 saturated carbocycles. The predicted octanol–water partition coefficient (Wildman–Crippen LogP) is 4.31. The van der Waals surface area contributed by atoms with Crippen LogP contribution in [0.15, 0.2) is 29.2 Å². The van der Waals surface area contributed by atoms with E-state index in [1.165, 1.54) is 11.3 Å². The summed E-state index contributed by atoms with van der Waals surface area (Å²) in [5.41, 5.74) is 0.304. The van der Waals surface area contributed by atoms with Crippen LogP contribution in [0.3, 0.4) is 0 Å². The first-order valence-corrected chi connectivity index (χ1v) is 9.33. The highest BCUT2D eigenvalue weighted by molar-refractivity contribution is 7.97. The number of nitrogens with one attached hydrogen (secondary N) is 1. The molecule has 0 fully saturated rings. The topological polar surface area (TPSA) is 24.5 Å². The molecule has 0 unspecified atom stereocenters. The van der Waals surface area contributed by atoms with Gasteiger partial charge in [0.15, 0.2) is 0 Å². The molecule has 0 aliphatic carbocycles. The summed E-state index contributed by atoms with van der Waals surface area (Å²) in [7, 11) is 1.70. The SMILES string of the molecule is CCN(CC(C)(C)CCNSC)Sc1ccc(OC)cc1. The van der Waals surface area contributed by atoms with Crippen LogP contribution < -0.4 is 9.46 Å². The summed E-state index contributed by atoms with van der Waals surface area (Å²) in [6.45, 7) is 10.1. The number of hydrogen-bond donors (Lipinski definition) is 1. The van der Waals surface area contributed by atoms with Gasteiger partial charge in [0.2, 0.25) is 0 Å². The number of nitrogens with zero attached hydrogens (tertiary/aromatic N) is 1. The van der Waals surface area contributed by atoms with Gasteiger partial charge in [-0.1, -0.05) is 32.7 Å². The van der Waals surface area contributed by atoms with E-state index in [1.807, 2.05) is 24.1 Å². The van der Waals surface area contributed by atoms with Gasteiger partial charge in [-0.3, -0.25) is 4.72 Å². The monoisotopic (exact) mass is 328 g/mol. The van der Waals surface area contributed by atoms with Gasteiger partial charge in [0.25, 0.3) is 0 Å². The number of ether oxygens (including phenoxy) is 1. The van der Waals surface area contributed by atoms with Gasteiger partial charge in [0.05, 0.1) is 7.11 Å². The first-order chi connectivity index (χ1) is 10.0. The lowest BCUT2D eigenvalue weighted by Crippen LogP contribution is -2.31. The maximum Gasteiger partial charge on any atom is 0.118 e. The zero-order chi connectivity index (χ0) is 15.7. The fourth-order valence-electron chi connectivity index (χ4n) is 2.04. The summed E-state index contributed by atoms with van der Waals surface area (Å²) >= 11 is 3.52. The average molecular weight is 329 g/mol. The fourth-order valence-corrected chi connectivity index (χ4v) is 3.45. The highest BCUT2D eigenvalue weighted by Gasteiger charge is 2.21. The Kier molecular flexibility index (Phi) is 8.56. The minimum absolute atomic E-state index is 0.304. The minimum atomic E-state index is 0.304. The van der Waals surface area contributed by atoms with E-state index in [0.717, 1.165) is 25.4 Å². The van der Waals surface area contributed by atoms with Gasteiger partial charge in [0, 0.05) is 24.5 Å². The summed E-state index contributed by atoms with van der Waals surface area (Å²) in [5.74, 6) is 0.908. The standard InChI is InChI=1S/C16H28N2OS2/c1-6-18(13-16(2,3)11-12-17-20-5)21-15-9-7-14(19-4)8-10-15/h7-10,17H,6,11-13H2,1-5H3. The van der Waals surface area contributed by atoms with E-state index in [9.17, 15) is 0 Å². The van der Waals surface area contributed by atoms with Gasteiger partial charge < -0.3 is 4.74 Å². The molecule has 0 saturated heterocycles. The van der Waals surface area contributed by atoms with Gasteiger partial charge in [-0.25, -0.2) is 4.31 Å². The Labute approximate surface area is 138 Å². The lowest BCUT2D eigenvalue weighted by molar-refractivity contribution is 0.262. The molecule has 5 heteroatoms. The second kappa shape index (κ2) is 9.62. The van der Waals surface area contributed by atoms with Crippen LogP contribution in [0, 0.1) is 5.41 Å². The second-order valence-corrected chi connectivity index (χ2v) is 7.60. The van der Waals surface area contributed by atoms with Crippen LogP contribution in [-0.4, -0.2) is 37.3 Å². The van der Waals surface area contributed by atoms with Crippen molar-refractivity contribution in [2.24, 2.45) is 5.41 Å². The molecule has 0 radical (unpaired) electrons. The van der Waals surface area contributed by atoms with Crippen LogP contribution in [0.4, 0.5) is 0 Å². The Morgan fingerprint density at radius 2 is 1.90 bits per heavy atom. The average Bonchev–Trinajstić information content (AvgIpc) is 2.47. The Hall–Kier alpha value is -0.360. The number of methoxy groups -OCH3 is 1. The molecule has 0 heterocycles. The van der Waals surface area contributed by atoms with Crippen molar-refractivity contribution in [2.45, 2.75) is 32.1 Å². The lowest BCUT2D eigenvalue weighted by atomic mass is 9.89. The van der Waals surface area contributed by atoms with Gasteiger partial charge in [-0.2, -0.15) is 0 Å². The molecule has 3 nitrogen and oxygen atoms in total. The third kappa shape index (κ3) is 7.45. The Balaban J connectivity index is 2.53. The Morgan fingerprint density at radius 1 is 1.24 bits per heavy atom. The van der Waals surface area contributed by atoms with Crippen LogP contribution in [-0.2, 0) is 0 Å². The zero-order valence-corrected chi connectivity index (χ0v) is 15.4. The maximum atomic E-state index is 5.20. The quantitative estimate of drug-likeness (QED) is 0.510. The first kappa shape index (κ1) is 18.7. The van der Waals surface area contributed by atoms with E-state index in [2.05, 4.69) is 48.2 Å². The molecule has 1 aromatic rings. The predicted molar refractivity (Wildman–Crippen MR) is 96.0 cm³/mol. The molecule has 0 aromatic heterocycles. The van der Waals surface area contributed by atoms with Crippen molar-refractivity contribution < 1.29 is 4.74 Å². The van der Waals surface area contributed by atoms with Crippen molar-refractivity contribution in [1.29, 1.82) is 0 Å². The van der Waals surface area contributed by atoms with Crippen LogP contribution in [0.5, 0.6) is 5.75 Å². The number of hydrogen-bond acceptors (Lipinski definition) is 5. The minimum Gasteiger partial charge on any atom is -0.497 e. The molecule has 0 spiro atoms. The normalized spacial score (nSPS) is 11.9. The van der Waals surface area contributed by atoms with Crippen LogP contribution in [0.2, 0.25) is 0 Å². The molecular weight excluding hydrogens is 300 g/mol. The summed E-state index contributed by atoms with van der Waals surface area (Å²) in [4.78, 5) is 1.26. The molecule has 120 valence electrons. The third-order valence-electron chi connectivity index (χ3n) is 3.30. The number of rotatable bonds is 10. The van der Waals surface area contributed by atoms with E-state index >= 15 is 0 Å². The second-order valence-electron chi connectivity index (χ2n) is 5.74. The number of benzene rings is 1. The van der Waals surface area contributed by atoms with Crippen LogP contribution in [0.25, 0.3) is 0 Å². The summed E-state index contributed by atoms with van der Waals surface area (Å²) in [6.07, 6.45) is 3.25. The van der Waals surface area contributed by atoms with Crippen molar-refractivity contribution in [3.8, 4) is 5.75 Å². The summed E-state index contributed by atoms with van der Waals surface area (Å²) in [5, 5.41) is 0. The van der Waals surface area contributed by atoms with E-state index in [4.69, 9.17) is 4.74 Å². The van der Waals surface area contributed by atoms with Crippen molar-refractivity contribution in [3.05, 3.63) is 24.3 Å². The molecule has 0 aliphatic heterocycles. The van der Waals surface area contributed by atoms with Crippen molar-refractivity contribution >= 4 is 23.9 Å². The van der Waals surface area contributed by atoms with Gasteiger partial charge in [-0.05, 0) is 54.3 Å². The first-order valence-electron chi connectivity index (χ1n) is 7.33. The smallest absolute Gasteiger partial charge is 0.118 e. The van der Waals surface area contributed by atoms with Gasteiger partial charge in [0.1, 0.15) is 5.75 Å². The maximum absolute atomic E-state index is 5.20. The van der Waals surface area contributed by atoms with Gasteiger partial charge in [-0.15, -0.1) is 0 Å². The molecule has 0 amide bonds. The zero-order valence-electron chi connectivity index (χ0n) is 13.8. The van der Waals surface area contributed by atoms with Crippen LogP contribution in [0.1, 0.15) is 27.2 Å². The molecule has 1 aromatic carbocycles. The van der Waals surface area contributed by atoms with E-state index < -0.39 is 0 Å². The lowest BCUT2D eigenvalue weighted by Gasteiger charge is -2.31. The van der Waals surface area contributed by atoms with E-state index in [0.29, 0.717) is 5.41 Å². The van der Waals surface area contributed by atoms with Crippen molar-refractivity contribution in [1.82, 2.24) is 9.03 Å². The molecule has 1 N–H and O–H groups in total. The van der Waals surface area contributed by atoms with Crippen molar-refractivity contribution in [3.63, 3.8) is 0 Å². The molecular formula is C16H28N2OS2. The Bertz CT molecular complexity index is 396. The largest absolute Gasteiger partial charge is 0.497 e. The summed E-state index contributed by atoms with van der Waals surface area (Å²) < 4.78 is 11.0. The van der Waals surface area contributed by atoms with E-state index in [-0.39, 0.29) is 0 Å². The van der Waals surface area contributed by atoms with Crippen LogP contribution >= 0.6 is 23.9 Å². The highest BCUT2D eigenvalue weighted by atomic mass is 32.2. The van der Waals surface area contributed by atoms with E-state index in [1.54, 1.807) is 19.1 Å². The third-order valence-corrected chi connectivity index (χ3v) is 4.92. The molecule has 21 heavy (non-hydrogen) atoms.